The SMILES string of the molecule is CCc1ccc(C[C@@H]2CCCC2=O)cc1OC(=O)C[C@H]1COC(C)(C)O1. The molecule has 2 aliphatic rings. The Labute approximate surface area is 155 Å². The zero-order valence-corrected chi connectivity index (χ0v) is 15.9. The van der Waals surface area contributed by atoms with Gasteiger partial charge in [0.15, 0.2) is 5.79 Å². The van der Waals surface area contributed by atoms with E-state index in [1.807, 2.05) is 39.0 Å². The van der Waals surface area contributed by atoms with Crippen molar-refractivity contribution in [3.8, 4) is 5.75 Å². The first-order valence-corrected chi connectivity index (χ1v) is 9.53. The molecule has 1 saturated carbocycles. The van der Waals surface area contributed by atoms with Crippen molar-refractivity contribution < 1.29 is 23.8 Å². The van der Waals surface area contributed by atoms with Crippen molar-refractivity contribution in [1.82, 2.24) is 0 Å². The average molecular weight is 360 g/mol. The molecule has 0 amide bonds. The van der Waals surface area contributed by atoms with E-state index >= 15 is 0 Å². The first kappa shape index (κ1) is 19.1. The van der Waals surface area contributed by atoms with Crippen LogP contribution in [0.25, 0.3) is 0 Å². The molecule has 2 atom stereocenters. The predicted octanol–water partition coefficient (Wildman–Crippen LogP) is 3.61. The lowest BCUT2D eigenvalue weighted by molar-refractivity contribution is -0.148. The molecule has 142 valence electrons. The van der Waals surface area contributed by atoms with Crippen LogP contribution in [0, 0.1) is 5.92 Å². The minimum absolute atomic E-state index is 0.109. The van der Waals surface area contributed by atoms with Crippen molar-refractivity contribution in [1.29, 1.82) is 0 Å². The van der Waals surface area contributed by atoms with Crippen LogP contribution in [0.5, 0.6) is 5.75 Å². The van der Waals surface area contributed by atoms with Crippen LogP contribution in [-0.2, 0) is 31.9 Å². The zero-order chi connectivity index (χ0) is 18.7. The quantitative estimate of drug-likeness (QED) is 0.573. The van der Waals surface area contributed by atoms with Gasteiger partial charge in [-0.05, 0) is 56.7 Å². The third kappa shape index (κ3) is 4.71. The molecule has 1 aromatic rings. The monoisotopic (exact) mass is 360 g/mol. The van der Waals surface area contributed by atoms with Crippen molar-refractivity contribution in [3.05, 3.63) is 29.3 Å². The summed E-state index contributed by atoms with van der Waals surface area (Å²) in [6.07, 6.45) is 4.03. The number of carbonyl (C=O) groups excluding carboxylic acids is 2. The highest BCUT2D eigenvalue weighted by atomic mass is 16.7. The number of hydrogen-bond donors (Lipinski definition) is 0. The second kappa shape index (κ2) is 7.89. The van der Waals surface area contributed by atoms with Crippen molar-refractivity contribution in [2.24, 2.45) is 5.92 Å². The number of hydrogen-bond acceptors (Lipinski definition) is 5. The molecule has 1 saturated heterocycles. The number of Topliss-reactive ketones (excluding diaryl/α,β-unsaturated/α-hetero) is 1. The molecule has 26 heavy (non-hydrogen) atoms. The molecule has 0 spiro atoms. The lowest BCUT2D eigenvalue weighted by Gasteiger charge is -2.17. The Morgan fingerprint density at radius 2 is 2.15 bits per heavy atom. The van der Waals surface area contributed by atoms with Crippen LogP contribution in [0.2, 0.25) is 0 Å². The van der Waals surface area contributed by atoms with Crippen LogP contribution in [0.15, 0.2) is 18.2 Å². The van der Waals surface area contributed by atoms with Crippen molar-refractivity contribution in [2.45, 2.75) is 71.2 Å². The molecule has 1 aromatic carbocycles. The van der Waals surface area contributed by atoms with Crippen LogP contribution < -0.4 is 4.74 Å². The third-order valence-electron chi connectivity index (χ3n) is 5.11. The Bertz CT molecular complexity index is 679. The highest BCUT2D eigenvalue weighted by Gasteiger charge is 2.34. The summed E-state index contributed by atoms with van der Waals surface area (Å²) in [5, 5.41) is 0. The maximum atomic E-state index is 12.3. The number of benzene rings is 1. The average Bonchev–Trinajstić information content (AvgIpc) is 3.13. The Morgan fingerprint density at radius 1 is 1.35 bits per heavy atom. The number of rotatable bonds is 6. The fraction of sp³-hybridized carbons (Fsp3) is 0.619. The molecular weight excluding hydrogens is 332 g/mol. The highest BCUT2D eigenvalue weighted by Crippen LogP contribution is 2.29. The second-order valence-corrected chi connectivity index (χ2v) is 7.68. The van der Waals surface area contributed by atoms with Gasteiger partial charge in [-0.1, -0.05) is 19.1 Å². The van der Waals surface area contributed by atoms with Gasteiger partial charge in [0.05, 0.1) is 19.1 Å². The predicted molar refractivity (Wildman–Crippen MR) is 97.0 cm³/mol. The molecular formula is C21H28O5. The van der Waals surface area contributed by atoms with Gasteiger partial charge in [0.1, 0.15) is 11.5 Å². The molecule has 2 fully saturated rings. The molecule has 5 heteroatoms. The molecule has 0 bridgehead atoms. The zero-order valence-electron chi connectivity index (χ0n) is 15.9. The van der Waals surface area contributed by atoms with E-state index in [4.69, 9.17) is 14.2 Å². The first-order chi connectivity index (χ1) is 12.4. The lowest BCUT2D eigenvalue weighted by atomic mass is 9.96. The Morgan fingerprint density at radius 3 is 2.77 bits per heavy atom. The number of ether oxygens (including phenoxy) is 3. The van der Waals surface area contributed by atoms with Crippen LogP contribution >= 0.6 is 0 Å². The van der Waals surface area contributed by atoms with E-state index in [-0.39, 0.29) is 24.4 Å². The second-order valence-electron chi connectivity index (χ2n) is 7.68. The largest absolute Gasteiger partial charge is 0.426 e. The summed E-state index contributed by atoms with van der Waals surface area (Å²) in [6.45, 7) is 6.10. The van der Waals surface area contributed by atoms with Crippen LogP contribution in [-0.4, -0.2) is 30.3 Å². The summed E-state index contributed by atoms with van der Waals surface area (Å²) in [7, 11) is 0. The maximum absolute atomic E-state index is 12.3. The Hall–Kier alpha value is -1.72. The molecule has 0 aromatic heterocycles. The fourth-order valence-corrected chi connectivity index (χ4v) is 3.72. The van der Waals surface area contributed by atoms with Gasteiger partial charge in [-0.3, -0.25) is 9.59 Å². The van der Waals surface area contributed by atoms with E-state index in [0.717, 1.165) is 36.8 Å². The molecule has 0 radical (unpaired) electrons. The number of aryl methyl sites for hydroxylation is 1. The van der Waals surface area contributed by atoms with Gasteiger partial charge in [-0.2, -0.15) is 0 Å². The topological polar surface area (TPSA) is 61.8 Å². The van der Waals surface area contributed by atoms with Crippen LogP contribution in [0.4, 0.5) is 0 Å². The van der Waals surface area contributed by atoms with E-state index in [0.29, 0.717) is 24.6 Å². The minimum Gasteiger partial charge on any atom is -0.426 e. The van der Waals surface area contributed by atoms with E-state index in [1.54, 1.807) is 0 Å². The van der Waals surface area contributed by atoms with Gasteiger partial charge in [-0.25, -0.2) is 0 Å². The molecule has 3 rings (SSSR count). The summed E-state index contributed by atoms with van der Waals surface area (Å²) in [4.78, 5) is 24.2. The molecule has 5 nitrogen and oxygen atoms in total. The normalized spacial score (nSPS) is 24.8. The molecule has 0 unspecified atom stereocenters. The summed E-state index contributed by atoms with van der Waals surface area (Å²) in [5.41, 5.74) is 2.04. The van der Waals surface area contributed by atoms with E-state index in [9.17, 15) is 9.59 Å². The van der Waals surface area contributed by atoms with Crippen LogP contribution in [0.3, 0.4) is 0 Å². The lowest BCUT2D eigenvalue weighted by Crippen LogP contribution is -2.24. The Kier molecular flexibility index (Phi) is 5.78. The van der Waals surface area contributed by atoms with Gasteiger partial charge >= 0.3 is 5.97 Å². The molecule has 1 aliphatic carbocycles. The first-order valence-electron chi connectivity index (χ1n) is 9.53. The maximum Gasteiger partial charge on any atom is 0.313 e. The van der Waals surface area contributed by atoms with Crippen LogP contribution in [0.1, 0.15) is 57.6 Å². The summed E-state index contributed by atoms with van der Waals surface area (Å²) >= 11 is 0. The van der Waals surface area contributed by atoms with E-state index in [2.05, 4.69) is 0 Å². The van der Waals surface area contributed by atoms with E-state index in [1.165, 1.54) is 0 Å². The molecule has 1 heterocycles. The summed E-state index contributed by atoms with van der Waals surface area (Å²) in [6, 6.07) is 5.95. The number of ketones is 1. The van der Waals surface area contributed by atoms with Gasteiger partial charge in [0, 0.05) is 12.3 Å². The fourth-order valence-electron chi connectivity index (χ4n) is 3.72. The van der Waals surface area contributed by atoms with Gasteiger partial charge < -0.3 is 14.2 Å². The number of esters is 1. The van der Waals surface area contributed by atoms with Crippen molar-refractivity contribution in [3.63, 3.8) is 0 Å². The van der Waals surface area contributed by atoms with Gasteiger partial charge in [0.2, 0.25) is 0 Å². The van der Waals surface area contributed by atoms with E-state index < -0.39 is 5.79 Å². The van der Waals surface area contributed by atoms with Gasteiger partial charge in [0.25, 0.3) is 0 Å². The standard InChI is InChI=1S/C21H28O5/c1-4-15-9-8-14(10-16-6-5-7-18(16)22)11-19(15)25-20(23)12-17-13-24-21(2,3)26-17/h8-9,11,16-17H,4-7,10,12-13H2,1-3H3/t16-,17-/m0/s1. The Balaban J connectivity index is 1.64. The third-order valence-corrected chi connectivity index (χ3v) is 5.11. The number of carbonyl (C=O) groups is 2. The van der Waals surface area contributed by atoms with Gasteiger partial charge in [-0.15, -0.1) is 0 Å². The molecule has 0 N–H and O–H groups in total. The highest BCUT2D eigenvalue weighted by molar-refractivity contribution is 5.83. The summed E-state index contributed by atoms with van der Waals surface area (Å²) in [5.74, 6) is 0.0906. The van der Waals surface area contributed by atoms with Crippen molar-refractivity contribution in [2.75, 3.05) is 6.61 Å². The van der Waals surface area contributed by atoms with Crippen molar-refractivity contribution >= 4 is 11.8 Å². The summed E-state index contributed by atoms with van der Waals surface area (Å²) < 4.78 is 16.8. The smallest absolute Gasteiger partial charge is 0.313 e. The molecule has 1 aliphatic heterocycles. The minimum atomic E-state index is -0.646.